The molecule has 4 heteroatoms. The van der Waals surface area contributed by atoms with Crippen molar-refractivity contribution in [3.8, 4) is 0 Å². The fraction of sp³-hybridized carbons (Fsp3) is 0.400. The summed E-state index contributed by atoms with van der Waals surface area (Å²) in [5, 5.41) is 2.56. The fourth-order valence-electron chi connectivity index (χ4n) is 4.99. The van der Waals surface area contributed by atoms with E-state index in [2.05, 4.69) is 76.7 Å². The lowest BCUT2D eigenvalue weighted by molar-refractivity contribution is 0.300. The van der Waals surface area contributed by atoms with Crippen LogP contribution in [0.25, 0.3) is 32.8 Å². The quantitative estimate of drug-likeness (QED) is 0.450. The Balaban J connectivity index is 1.68. The molecule has 150 valence electrons. The average Bonchev–Trinajstić information content (AvgIpc) is 2.94. The monoisotopic (exact) mass is 386 g/mol. The summed E-state index contributed by atoms with van der Waals surface area (Å²) in [5.74, 6) is 0. The van der Waals surface area contributed by atoms with Gasteiger partial charge in [-0.25, -0.2) is 4.98 Å². The highest BCUT2D eigenvalue weighted by molar-refractivity contribution is 6.16. The van der Waals surface area contributed by atoms with Crippen molar-refractivity contribution in [2.45, 2.75) is 33.2 Å². The lowest BCUT2D eigenvalue weighted by atomic mass is 10.1. The highest BCUT2D eigenvalue weighted by atomic mass is 15.2. The average molecular weight is 387 g/mol. The SMILES string of the molecule is CCN(CC)CCCN1CCCn2c3ccccc3c3nc4ccccc4c1c32. The van der Waals surface area contributed by atoms with Crippen molar-refractivity contribution in [3.05, 3.63) is 48.5 Å². The summed E-state index contributed by atoms with van der Waals surface area (Å²) in [5.41, 5.74) is 6.29. The van der Waals surface area contributed by atoms with Crippen LogP contribution in [-0.4, -0.2) is 47.2 Å². The number of pyridine rings is 1. The van der Waals surface area contributed by atoms with Gasteiger partial charge in [-0.05, 0) is 44.6 Å². The Hall–Kier alpha value is -2.59. The number of hydrogen-bond acceptors (Lipinski definition) is 3. The fourth-order valence-corrected chi connectivity index (χ4v) is 4.99. The van der Waals surface area contributed by atoms with Crippen molar-refractivity contribution in [1.29, 1.82) is 0 Å². The molecule has 4 aromatic rings. The molecule has 29 heavy (non-hydrogen) atoms. The summed E-state index contributed by atoms with van der Waals surface area (Å²) >= 11 is 0. The number of hydrogen-bond donors (Lipinski definition) is 0. The molecule has 0 fully saturated rings. The van der Waals surface area contributed by atoms with Crippen LogP contribution in [0.5, 0.6) is 0 Å². The van der Waals surface area contributed by atoms with Crippen LogP contribution in [0.2, 0.25) is 0 Å². The maximum absolute atomic E-state index is 5.12. The molecule has 4 nitrogen and oxygen atoms in total. The predicted octanol–water partition coefficient (Wildman–Crippen LogP) is 5.28. The van der Waals surface area contributed by atoms with Gasteiger partial charge >= 0.3 is 0 Å². The van der Waals surface area contributed by atoms with Crippen molar-refractivity contribution in [1.82, 2.24) is 14.5 Å². The van der Waals surface area contributed by atoms with Gasteiger partial charge in [0.1, 0.15) is 0 Å². The minimum atomic E-state index is 1.06. The van der Waals surface area contributed by atoms with Crippen molar-refractivity contribution in [2.75, 3.05) is 37.6 Å². The van der Waals surface area contributed by atoms with E-state index < -0.39 is 0 Å². The van der Waals surface area contributed by atoms with Gasteiger partial charge in [-0.1, -0.05) is 50.2 Å². The standard InChI is InChI=1S/C25H30N4/c1-3-27(4-2)15-9-16-28-17-10-18-29-22-14-8-6-12-20(22)23-25(29)24(28)19-11-5-7-13-21(19)26-23/h5-8,11-14H,3-4,9-10,15-18H2,1-2H3. The van der Waals surface area contributed by atoms with E-state index in [0.29, 0.717) is 0 Å². The van der Waals surface area contributed by atoms with Gasteiger partial charge in [-0.3, -0.25) is 0 Å². The Morgan fingerprint density at radius 3 is 2.52 bits per heavy atom. The van der Waals surface area contributed by atoms with Crippen LogP contribution in [0, 0.1) is 0 Å². The van der Waals surface area contributed by atoms with E-state index in [1.54, 1.807) is 0 Å². The van der Waals surface area contributed by atoms with E-state index in [9.17, 15) is 0 Å². The van der Waals surface area contributed by atoms with Gasteiger partial charge in [0.25, 0.3) is 0 Å². The zero-order valence-electron chi connectivity index (χ0n) is 17.6. The Kier molecular flexibility index (Phi) is 4.88. The predicted molar refractivity (Wildman–Crippen MR) is 124 cm³/mol. The number of aromatic nitrogens is 2. The molecule has 3 heterocycles. The molecule has 2 aromatic carbocycles. The Labute approximate surface area is 172 Å². The van der Waals surface area contributed by atoms with Gasteiger partial charge < -0.3 is 14.4 Å². The number of rotatable bonds is 6. The van der Waals surface area contributed by atoms with Crippen LogP contribution < -0.4 is 4.90 Å². The van der Waals surface area contributed by atoms with Gasteiger partial charge in [-0.15, -0.1) is 0 Å². The van der Waals surface area contributed by atoms with Crippen LogP contribution in [-0.2, 0) is 6.54 Å². The molecule has 0 aliphatic carbocycles. The summed E-state index contributed by atoms with van der Waals surface area (Å²) in [6.07, 6.45) is 2.36. The maximum atomic E-state index is 5.12. The molecule has 0 N–H and O–H groups in total. The molecule has 0 atom stereocenters. The van der Waals surface area contributed by atoms with Gasteiger partial charge in [0.05, 0.1) is 27.8 Å². The molecule has 0 bridgehead atoms. The molecule has 5 rings (SSSR count). The molecular formula is C25H30N4. The second-order valence-corrected chi connectivity index (χ2v) is 8.06. The van der Waals surface area contributed by atoms with Crippen LogP contribution in [0.15, 0.2) is 48.5 Å². The van der Waals surface area contributed by atoms with Crippen LogP contribution >= 0.6 is 0 Å². The summed E-state index contributed by atoms with van der Waals surface area (Å²) in [6.45, 7) is 11.2. The zero-order chi connectivity index (χ0) is 19.8. The third kappa shape index (κ3) is 3.06. The first kappa shape index (κ1) is 18.4. The van der Waals surface area contributed by atoms with Crippen molar-refractivity contribution >= 4 is 38.5 Å². The van der Waals surface area contributed by atoms with E-state index in [1.165, 1.54) is 46.9 Å². The third-order valence-electron chi connectivity index (χ3n) is 6.48. The number of para-hydroxylation sites is 2. The molecule has 0 amide bonds. The molecule has 1 aliphatic rings. The first-order valence-electron chi connectivity index (χ1n) is 11.1. The lowest BCUT2D eigenvalue weighted by Gasteiger charge is -2.27. The van der Waals surface area contributed by atoms with Gasteiger partial charge in [0, 0.05) is 30.4 Å². The largest absolute Gasteiger partial charge is 0.369 e. The van der Waals surface area contributed by atoms with Crippen molar-refractivity contribution < 1.29 is 0 Å². The molecule has 0 saturated heterocycles. The van der Waals surface area contributed by atoms with Gasteiger partial charge in [0.15, 0.2) is 0 Å². The Morgan fingerprint density at radius 1 is 0.931 bits per heavy atom. The topological polar surface area (TPSA) is 24.3 Å². The number of nitrogens with zero attached hydrogens (tertiary/aromatic N) is 4. The highest BCUT2D eigenvalue weighted by Gasteiger charge is 2.24. The normalized spacial score (nSPS) is 14.4. The first-order chi connectivity index (χ1) is 14.3. The van der Waals surface area contributed by atoms with E-state index in [4.69, 9.17) is 4.98 Å². The Bertz CT molecular complexity index is 1160. The summed E-state index contributed by atoms with van der Waals surface area (Å²) in [7, 11) is 0. The van der Waals surface area contributed by atoms with Crippen LogP contribution in [0.4, 0.5) is 5.69 Å². The minimum absolute atomic E-state index is 1.06. The van der Waals surface area contributed by atoms with Crippen molar-refractivity contribution in [2.24, 2.45) is 0 Å². The van der Waals surface area contributed by atoms with E-state index >= 15 is 0 Å². The molecule has 0 saturated carbocycles. The van der Waals surface area contributed by atoms with E-state index in [1.807, 2.05) is 0 Å². The maximum Gasteiger partial charge on any atom is 0.0988 e. The lowest BCUT2D eigenvalue weighted by Crippen LogP contribution is -2.30. The third-order valence-corrected chi connectivity index (χ3v) is 6.48. The highest BCUT2D eigenvalue weighted by Crippen LogP contribution is 2.40. The van der Waals surface area contributed by atoms with Gasteiger partial charge in [-0.2, -0.15) is 0 Å². The summed E-state index contributed by atoms with van der Waals surface area (Å²) in [6, 6.07) is 17.4. The number of aryl methyl sites for hydroxylation is 1. The number of benzene rings is 2. The van der Waals surface area contributed by atoms with E-state index in [0.717, 1.165) is 43.8 Å². The van der Waals surface area contributed by atoms with Crippen LogP contribution in [0.1, 0.15) is 26.7 Å². The molecule has 0 unspecified atom stereocenters. The van der Waals surface area contributed by atoms with Crippen molar-refractivity contribution in [3.63, 3.8) is 0 Å². The molecular weight excluding hydrogens is 356 g/mol. The summed E-state index contributed by atoms with van der Waals surface area (Å²) in [4.78, 5) is 10.3. The van der Waals surface area contributed by atoms with Crippen LogP contribution in [0.3, 0.4) is 0 Å². The first-order valence-corrected chi connectivity index (χ1v) is 11.1. The molecule has 2 aromatic heterocycles. The Morgan fingerprint density at radius 2 is 1.69 bits per heavy atom. The van der Waals surface area contributed by atoms with Gasteiger partial charge in [0.2, 0.25) is 0 Å². The molecule has 1 aliphatic heterocycles. The molecule has 0 spiro atoms. The minimum Gasteiger partial charge on any atom is -0.369 e. The van der Waals surface area contributed by atoms with E-state index in [-0.39, 0.29) is 0 Å². The second kappa shape index (κ2) is 7.68. The second-order valence-electron chi connectivity index (χ2n) is 8.06. The zero-order valence-corrected chi connectivity index (χ0v) is 17.6. The molecule has 0 radical (unpaired) electrons. The number of anilines is 1. The number of fused-ring (bicyclic) bond motifs is 5. The smallest absolute Gasteiger partial charge is 0.0988 e. The summed E-state index contributed by atoms with van der Waals surface area (Å²) < 4.78 is 2.52.